The van der Waals surface area contributed by atoms with Crippen molar-refractivity contribution in [1.29, 1.82) is 0 Å². The number of amides is 1. The van der Waals surface area contributed by atoms with Crippen molar-refractivity contribution in [2.45, 2.75) is 38.7 Å². The molecule has 2 rings (SSSR count). The summed E-state index contributed by atoms with van der Waals surface area (Å²) in [7, 11) is 0. The van der Waals surface area contributed by atoms with Crippen LogP contribution in [0.15, 0.2) is 0 Å². The van der Waals surface area contributed by atoms with Gasteiger partial charge in [-0.15, -0.1) is 0 Å². The number of rotatable bonds is 1. The molecule has 0 bridgehead atoms. The van der Waals surface area contributed by atoms with E-state index >= 15 is 0 Å². The zero-order valence-corrected chi connectivity index (χ0v) is 10.1. The largest absolute Gasteiger partial charge is 0.446 e. The molecule has 1 N–H and O–H groups in total. The quantitative estimate of drug-likeness (QED) is 0.738. The lowest BCUT2D eigenvalue weighted by atomic mass is 10.0. The normalized spacial score (nSPS) is 27.8. The van der Waals surface area contributed by atoms with Gasteiger partial charge in [0.1, 0.15) is 6.10 Å². The average Bonchev–Trinajstić information content (AvgIpc) is 2.30. The topological polar surface area (TPSA) is 41.6 Å². The summed E-state index contributed by atoms with van der Waals surface area (Å²) in [5, 5.41) is 3.27. The molecule has 2 aliphatic rings. The van der Waals surface area contributed by atoms with E-state index in [-0.39, 0.29) is 12.2 Å². The Labute approximate surface area is 97.3 Å². The third kappa shape index (κ3) is 3.11. The third-order valence-electron chi connectivity index (χ3n) is 3.47. The molecule has 0 saturated carbocycles. The van der Waals surface area contributed by atoms with Gasteiger partial charge in [-0.1, -0.05) is 6.92 Å². The van der Waals surface area contributed by atoms with Crippen molar-refractivity contribution < 1.29 is 9.53 Å². The number of ether oxygens (including phenoxy) is 1. The van der Waals surface area contributed by atoms with Crippen molar-refractivity contribution in [3.63, 3.8) is 0 Å². The Morgan fingerprint density at radius 1 is 1.31 bits per heavy atom. The lowest BCUT2D eigenvalue weighted by Gasteiger charge is -2.32. The van der Waals surface area contributed by atoms with Gasteiger partial charge >= 0.3 is 6.09 Å². The van der Waals surface area contributed by atoms with Crippen molar-refractivity contribution in [2.75, 3.05) is 26.2 Å². The molecule has 0 aromatic heterocycles. The monoisotopic (exact) mass is 226 g/mol. The summed E-state index contributed by atoms with van der Waals surface area (Å²) in [4.78, 5) is 13.8. The van der Waals surface area contributed by atoms with E-state index in [1.807, 2.05) is 4.90 Å². The van der Waals surface area contributed by atoms with Crippen molar-refractivity contribution in [3.8, 4) is 0 Å². The van der Waals surface area contributed by atoms with Gasteiger partial charge in [-0.05, 0) is 44.7 Å². The summed E-state index contributed by atoms with van der Waals surface area (Å²) in [5.41, 5.74) is 0. The maximum atomic E-state index is 11.9. The summed E-state index contributed by atoms with van der Waals surface area (Å²) < 4.78 is 5.53. The maximum Gasteiger partial charge on any atom is 0.410 e. The molecule has 0 aliphatic carbocycles. The number of piperidine rings is 2. The van der Waals surface area contributed by atoms with E-state index < -0.39 is 0 Å². The van der Waals surface area contributed by atoms with Crippen LogP contribution in [0.3, 0.4) is 0 Å². The molecule has 92 valence electrons. The molecule has 1 unspecified atom stereocenters. The fraction of sp³-hybridized carbons (Fsp3) is 0.917. The fourth-order valence-electron chi connectivity index (χ4n) is 2.49. The second kappa shape index (κ2) is 5.53. The highest BCUT2D eigenvalue weighted by Crippen LogP contribution is 2.17. The van der Waals surface area contributed by atoms with Gasteiger partial charge in [0.05, 0.1) is 0 Å². The zero-order valence-electron chi connectivity index (χ0n) is 10.1. The van der Waals surface area contributed by atoms with E-state index in [9.17, 15) is 4.79 Å². The zero-order chi connectivity index (χ0) is 11.4. The highest BCUT2D eigenvalue weighted by molar-refractivity contribution is 5.68. The van der Waals surface area contributed by atoms with Crippen LogP contribution in [0.2, 0.25) is 0 Å². The van der Waals surface area contributed by atoms with Crippen LogP contribution in [0, 0.1) is 5.92 Å². The van der Waals surface area contributed by atoms with Crippen LogP contribution in [-0.2, 0) is 4.74 Å². The SMILES string of the molecule is CC1CCCN(C(=O)OC2CCNCC2)C1. The van der Waals surface area contributed by atoms with Crippen molar-refractivity contribution in [3.05, 3.63) is 0 Å². The second-order valence-electron chi connectivity index (χ2n) is 5.03. The number of nitrogens with one attached hydrogen (secondary N) is 1. The summed E-state index contributed by atoms with van der Waals surface area (Å²) in [6.07, 6.45) is 4.29. The number of hydrogen-bond donors (Lipinski definition) is 1. The first kappa shape index (κ1) is 11.7. The number of carbonyl (C=O) groups is 1. The Morgan fingerprint density at radius 3 is 2.75 bits per heavy atom. The average molecular weight is 226 g/mol. The summed E-state index contributed by atoms with van der Waals surface area (Å²) in [5.74, 6) is 0.620. The van der Waals surface area contributed by atoms with Gasteiger partial charge < -0.3 is 15.0 Å². The molecular weight excluding hydrogens is 204 g/mol. The maximum absolute atomic E-state index is 11.9. The molecule has 2 saturated heterocycles. The van der Waals surface area contributed by atoms with E-state index in [4.69, 9.17) is 4.74 Å². The smallest absolute Gasteiger partial charge is 0.410 e. The Hall–Kier alpha value is -0.770. The van der Waals surface area contributed by atoms with E-state index in [1.54, 1.807) is 0 Å². The molecule has 1 amide bonds. The van der Waals surface area contributed by atoms with Crippen LogP contribution in [0.5, 0.6) is 0 Å². The van der Waals surface area contributed by atoms with E-state index in [2.05, 4.69) is 12.2 Å². The summed E-state index contributed by atoms with van der Waals surface area (Å²) >= 11 is 0. The van der Waals surface area contributed by atoms with E-state index in [0.29, 0.717) is 5.92 Å². The van der Waals surface area contributed by atoms with Crippen molar-refractivity contribution in [2.24, 2.45) is 5.92 Å². The molecule has 0 radical (unpaired) electrons. The van der Waals surface area contributed by atoms with Crippen LogP contribution in [0.25, 0.3) is 0 Å². The molecule has 16 heavy (non-hydrogen) atoms. The molecule has 0 aromatic carbocycles. The molecule has 4 nitrogen and oxygen atoms in total. The minimum absolute atomic E-state index is 0.0987. The Balaban J connectivity index is 1.77. The van der Waals surface area contributed by atoms with Crippen LogP contribution in [0.4, 0.5) is 4.79 Å². The molecule has 0 spiro atoms. The van der Waals surface area contributed by atoms with Crippen LogP contribution in [-0.4, -0.2) is 43.3 Å². The first-order valence-corrected chi connectivity index (χ1v) is 6.42. The number of carbonyl (C=O) groups excluding carboxylic acids is 1. The van der Waals surface area contributed by atoms with Gasteiger partial charge in [0.25, 0.3) is 0 Å². The lowest BCUT2D eigenvalue weighted by molar-refractivity contribution is 0.0398. The van der Waals surface area contributed by atoms with Crippen LogP contribution >= 0.6 is 0 Å². The Bertz CT molecular complexity index is 239. The minimum atomic E-state index is -0.0987. The number of nitrogens with zero attached hydrogens (tertiary/aromatic N) is 1. The molecule has 2 aliphatic heterocycles. The Morgan fingerprint density at radius 2 is 2.06 bits per heavy atom. The van der Waals surface area contributed by atoms with Crippen molar-refractivity contribution in [1.82, 2.24) is 10.2 Å². The second-order valence-corrected chi connectivity index (χ2v) is 5.03. The lowest BCUT2D eigenvalue weighted by Crippen LogP contribution is -2.42. The molecule has 2 fully saturated rings. The van der Waals surface area contributed by atoms with Crippen LogP contribution < -0.4 is 5.32 Å². The van der Waals surface area contributed by atoms with Gasteiger partial charge in [-0.2, -0.15) is 0 Å². The third-order valence-corrected chi connectivity index (χ3v) is 3.47. The van der Waals surface area contributed by atoms with Gasteiger partial charge in [-0.25, -0.2) is 4.79 Å². The van der Waals surface area contributed by atoms with Gasteiger partial charge in [0.15, 0.2) is 0 Å². The summed E-state index contributed by atoms with van der Waals surface area (Å²) in [6.45, 7) is 5.87. The predicted octanol–water partition coefficient (Wildman–Crippen LogP) is 1.61. The van der Waals surface area contributed by atoms with E-state index in [0.717, 1.165) is 45.4 Å². The first-order chi connectivity index (χ1) is 7.75. The predicted molar refractivity (Wildman–Crippen MR) is 62.3 cm³/mol. The van der Waals surface area contributed by atoms with Crippen LogP contribution in [0.1, 0.15) is 32.6 Å². The van der Waals surface area contributed by atoms with Crippen molar-refractivity contribution >= 4 is 6.09 Å². The first-order valence-electron chi connectivity index (χ1n) is 6.42. The highest BCUT2D eigenvalue weighted by atomic mass is 16.6. The molecule has 0 aromatic rings. The highest BCUT2D eigenvalue weighted by Gasteiger charge is 2.25. The fourth-order valence-corrected chi connectivity index (χ4v) is 2.49. The number of hydrogen-bond acceptors (Lipinski definition) is 3. The van der Waals surface area contributed by atoms with Gasteiger partial charge in [0, 0.05) is 13.1 Å². The minimum Gasteiger partial charge on any atom is -0.446 e. The molecule has 4 heteroatoms. The number of likely N-dealkylation sites (tertiary alicyclic amines) is 1. The van der Waals surface area contributed by atoms with E-state index in [1.165, 1.54) is 6.42 Å². The Kier molecular flexibility index (Phi) is 4.04. The van der Waals surface area contributed by atoms with Gasteiger partial charge in [0.2, 0.25) is 0 Å². The molecular formula is C12H22N2O2. The summed E-state index contributed by atoms with van der Waals surface area (Å²) in [6, 6.07) is 0. The molecule has 1 atom stereocenters. The van der Waals surface area contributed by atoms with Gasteiger partial charge in [-0.3, -0.25) is 0 Å². The standard InChI is InChI=1S/C12H22N2O2/c1-10-3-2-8-14(9-10)12(15)16-11-4-6-13-7-5-11/h10-11,13H,2-9H2,1H3. The molecule has 2 heterocycles.